The standard InChI is InChI=1S/C16H16N2O3S/c19-8-4-10-22-16-17-14-7-2-1-6-13(14)15(20)18(16)11-12-5-3-9-21-12/h1-3,5-7,9,19H,4,8,10-11H2. The molecule has 0 unspecified atom stereocenters. The highest BCUT2D eigenvalue weighted by atomic mass is 32.2. The second-order valence-corrected chi connectivity index (χ2v) is 5.87. The van der Waals surface area contributed by atoms with Crippen LogP contribution >= 0.6 is 11.8 Å². The van der Waals surface area contributed by atoms with Crippen molar-refractivity contribution in [2.45, 2.75) is 18.1 Å². The van der Waals surface area contributed by atoms with E-state index >= 15 is 0 Å². The van der Waals surface area contributed by atoms with Crippen LogP contribution in [0.3, 0.4) is 0 Å². The topological polar surface area (TPSA) is 68.3 Å². The molecule has 0 radical (unpaired) electrons. The summed E-state index contributed by atoms with van der Waals surface area (Å²) < 4.78 is 6.98. The molecule has 6 heteroatoms. The van der Waals surface area contributed by atoms with Gasteiger partial charge in [0.25, 0.3) is 5.56 Å². The molecule has 1 N–H and O–H groups in total. The summed E-state index contributed by atoms with van der Waals surface area (Å²) in [6.07, 6.45) is 2.25. The lowest BCUT2D eigenvalue weighted by molar-refractivity contribution is 0.296. The van der Waals surface area contributed by atoms with Crippen molar-refractivity contribution < 1.29 is 9.52 Å². The van der Waals surface area contributed by atoms with Gasteiger partial charge >= 0.3 is 0 Å². The Balaban J connectivity index is 2.06. The van der Waals surface area contributed by atoms with E-state index in [0.29, 0.717) is 40.5 Å². The zero-order valence-corrected chi connectivity index (χ0v) is 12.8. The van der Waals surface area contributed by atoms with Crippen LogP contribution in [0.1, 0.15) is 12.2 Å². The Kier molecular flexibility index (Phi) is 4.60. The van der Waals surface area contributed by atoms with Gasteiger partial charge in [0.15, 0.2) is 5.16 Å². The van der Waals surface area contributed by atoms with Gasteiger partial charge in [-0.3, -0.25) is 9.36 Å². The zero-order valence-electron chi connectivity index (χ0n) is 11.9. The number of aliphatic hydroxyl groups excluding tert-OH is 1. The molecule has 5 nitrogen and oxygen atoms in total. The zero-order chi connectivity index (χ0) is 15.4. The third kappa shape index (κ3) is 3.08. The van der Waals surface area contributed by atoms with E-state index < -0.39 is 0 Å². The van der Waals surface area contributed by atoms with E-state index in [0.717, 1.165) is 0 Å². The third-order valence-electron chi connectivity index (χ3n) is 3.25. The highest BCUT2D eigenvalue weighted by Crippen LogP contribution is 2.19. The van der Waals surface area contributed by atoms with Gasteiger partial charge in [0.05, 0.1) is 23.7 Å². The molecule has 3 rings (SSSR count). The molecule has 0 atom stereocenters. The number of benzene rings is 1. The Morgan fingerprint density at radius 2 is 2.09 bits per heavy atom. The van der Waals surface area contributed by atoms with Gasteiger partial charge in [-0.25, -0.2) is 4.98 Å². The van der Waals surface area contributed by atoms with E-state index in [-0.39, 0.29) is 12.2 Å². The van der Waals surface area contributed by atoms with Crippen molar-refractivity contribution >= 4 is 22.7 Å². The molecule has 0 saturated carbocycles. The molecular weight excluding hydrogens is 300 g/mol. The Morgan fingerprint density at radius 1 is 1.23 bits per heavy atom. The monoisotopic (exact) mass is 316 g/mol. The smallest absolute Gasteiger partial charge is 0.262 e. The van der Waals surface area contributed by atoms with E-state index in [4.69, 9.17) is 9.52 Å². The minimum Gasteiger partial charge on any atom is -0.467 e. The molecule has 0 aliphatic carbocycles. The molecular formula is C16H16N2O3S. The van der Waals surface area contributed by atoms with Crippen molar-refractivity contribution in [3.8, 4) is 0 Å². The van der Waals surface area contributed by atoms with Crippen LogP contribution in [-0.4, -0.2) is 27.0 Å². The van der Waals surface area contributed by atoms with Gasteiger partial charge in [0.1, 0.15) is 5.76 Å². The molecule has 0 saturated heterocycles. The second kappa shape index (κ2) is 6.81. The average molecular weight is 316 g/mol. The van der Waals surface area contributed by atoms with E-state index in [1.54, 1.807) is 23.0 Å². The highest BCUT2D eigenvalue weighted by molar-refractivity contribution is 7.99. The Labute approximate surface area is 131 Å². The van der Waals surface area contributed by atoms with E-state index in [1.165, 1.54) is 11.8 Å². The largest absolute Gasteiger partial charge is 0.467 e. The maximum atomic E-state index is 12.7. The predicted octanol–water partition coefficient (Wildman–Crippen LogP) is 2.51. The lowest BCUT2D eigenvalue weighted by Gasteiger charge is -2.11. The summed E-state index contributed by atoms with van der Waals surface area (Å²) in [5.41, 5.74) is 0.614. The summed E-state index contributed by atoms with van der Waals surface area (Å²) in [5, 5.41) is 10.2. The van der Waals surface area contributed by atoms with Gasteiger partial charge in [0.2, 0.25) is 0 Å². The van der Waals surface area contributed by atoms with Gasteiger partial charge in [-0.1, -0.05) is 23.9 Å². The lowest BCUT2D eigenvalue weighted by Crippen LogP contribution is -2.23. The van der Waals surface area contributed by atoms with E-state index in [1.807, 2.05) is 24.3 Å². The first-order chi connectivity index (χ1) is 10.8. The maximum absolute atomic E-state index is 12.7. The number of aliphatic hydroxyl groups is 1. The van der Waals surface area contributed by atoms with Crippen LogP contribution in [0.5, 0.6) is 0 Å². The number of aromatic nitrogens is 2. The quantitative estimate of drug-likeness (QED) is 0.430. The number of rotatable bonds is 6. The SMILES string of the molecule is O=c1c2ccccc2nc(SCCCO)n1Cc1ccco1. The maximum Gasteiger partial charge on any atom is 0.262 e. The van der Waals surface area contributed by atoms with E-state index in [9.17, 15) is 4.79 Å². The van der Waals surface area contributed by atoms with Crippen LogP contribution in [0.15, 0.2) is 57.0 Å². The van der Waals surface area contributed by atoms with Gasteiger partial charge in [-0.15, -0.1) is 0 Å². The van der Waals surface area contributed by atoms with Crippen LogP contribution in [-0.2, 0) is 6.54 Å². The summed E-state index contributed by atoms with van der Waals surface area (Å²) in [7, 11) is 0. The highest BCUT2D eigenvalue weighted by Gasteiger charge is 2.12. The van der Waals surface area contributed by atoms with Crippen LogP contribution in [0.2, 0.25) is 0 Å². The molecule has 0 bridgehead atoms. The van der Waals surface area contributed by atoms with Crippen LogP contribution in [0, 0.1) is 0 Å². The first-order valence-electron chi connectivity index (χ1n) is 7.05. The van der Waals surface area contributed by atoms with Crippen molar-refractivity contribution in [1.29, 1.82) is 0 Å². The molecule has 0 fully saturated rings. The van der Waals surface area contributed by atoms with Gasteiger partial charge in [0, 0.05) is 12.4 Å². The van der Waals surface area contributed by atoms with Crippen molar-refractivity contribution in [2.24, 2.45) is 0 Å². The van der Waals surface area contributed by atoms with Crippen LogP contribution in [0.25, 0.3) is 10.9 Å². The Bertz CT molecular complexity index is 812. The fourth-order valence-electron chi connectivity index (χ4n) is 2.18. The first kappa shape index (κ1) is 14.9. The Hall–Kier alpha value is -2.05. The third-order valence-corrected chi connectivity index (χ3v) is 4.32. The molecule has 3 aromatic rings. The number of thioether (sulfide) groups is 1. The average Bonchev–Trinajstić information content (AvgIpc) is 3.04. The van der Waals surface area contributed by atoms with Crippen molar-refractivity contribution in [3.63, 3.8) is 0 Å². The summed E-state index contributed by atoms with van der Waals surface area (Å²) in [4.78, 5) is 17.3. The minimum absolute atomic E-state index is 0.0755. The molecule has 114 valence electrons. The number of nitrogens with zero attached hydrogens (tertiary/aromatic N) is 2. The van der Waals surface area contributed by atoms with Crippen molar-refractivity contribution in [3.05, 3.63) is 58.8 Å². The second-order valence-electron chi connectivity index (χ2n) is 4.81. The van der Waals surface area contributed by atoms with Gasteiger partial charge in [-0.05, 0) is 30.7 Å². The molecule has 2 aromatic heterocycles. The predicted molar refractivity (Wildman–Crippen MR) is 86.2 cm³/mol. The summed E-state index contributed by atoms with van der Waals surface area (Å²) in [6, 6.07) is 11.0. The molecule has 2 heterocycles. The number of fused-ring (bicyclic) bond motifs is 1. The normalized spacial score (nSPS) is 11.1. The molecule has 0 aliphatic rings. The van der Waals surface area contributed by atoms with Gasteiger partial charge in [-0.2, -0.15) is 0 Å². The van der Waals surface area contributed by atoms with Crippen molar-refractivity contribution in [2.75, 3.05) is 12.4 Å². The summed E-state index contributed by atoms with van der Waals surface area (Å²) in [5.74, 6) is 1.42. The fourth-order valence-corrected chi connectivity index (χ4v) is 3.11. The summed E-state index contributed by atoms with van der Waals surface area (Å²) in [6.45, 7) is 0.480. The van der Waals surface area contributed by atoms with Crippen LogP contribution in [0.4, 0.5) is 0 Å². The number of furan rings is 1. The lowest BCUT2D eigenvalue weighted by atomic mass is 10.2. The van der Waals surface area contributed by atoms with Crippen LogP contribution < -0.4 is 5.56 Å². The Morgan fingerprint density at radius 3 is 2.86 bits per heavy atom. The van der Waals surface area contributed by atoms with E-state index in [2.05, 4.69) is 4.98 Å². The molecule has 22 heavy (non-hydrogen) atoms. The number of para-hydroxylation sites is 1. The fraction of sp³-hybridized carbons (Fsp3) is 0.250. The minimum atomic E-state index is -0.0755. The first-order valence-corrected chi connectivity index (χ1v) is 8.04. The van der Waals surface area contributed by atoms with Crippen molar-refractivity contribution in [1.82, 2.24) is 9.55 Å². The summed E-state index contributed by atoms with van der Waals surface area (Å²) >= 11 is 1.47. The number of hydrogen-bond acceptors (Lipinski definition) is 5. The molecule has 0 aliphatic heterocycles. The molecule has 0 amide bonds. The number of hydrogen-bond donors (Lipinski definition) is 1. The molecule has 0 spiro atoms. The molecule has 1 aromatic carbocycles. The van der Waals surface area contributed by atoms with Gasteiger partial charge < -0.3 is 9.52 Å².